The summed E-state index contributed by atoms with van der Waals surface area (Å²) in [7, 11) is 0. The molecule has 0 bridgehead atoms. The summed E-state index contributed by atoms with van der Waals surface area (Å²) in [6.07, 6.45) is 0.837. The van der Waals surface area contributed by atoms with E-state index in [1.54, 1.807) is 9.80 Å². The summed E-state index contributed by atoms with van der Waals surface area (Å²) in [6.45, 7) is 3.05. The van der Waals surface area contributed by atoms with Gasteiger partial charge in [0.1, 0.15) is 4.32 Å². The molecule has 0 aliphatic carbocycles. The van der Waals surface area contributed by atoms with Crippen molar-refractivity contribution in [2.24, 2.45) is 0 Å². The lowest BCUT2D eigenvalue weighted by Crippen LogP contribution is -2.29. The number of halogens is 1. The number of anilines is 1. The van der Waals surface area contributed by atoms with Crippen LogP contribution >= 0.6 is 39.9 Å². The minimum Gasteiger partial charge on any atom is -0.308 e. The molecule has 2 aromatic rings. The third-order valence-corrected chi connectivity index (χ3v) is 6.63. The normalized spacial score (nSPS) is 19.0. The molecule has 1 saturated heterocycles. The van der Waals surface area contributed by atoms with Crippen molar-refractivity contribution in [2.75, 3.05) is 11.4 Å². The monoisotopic (exact) mass is 472 g/mol. The van der Waals surface area contributed by atoms with Gasteiger partial charge in [0.05, 0.1) is 22.7 Å². The van der Waals surface area contributed by atoms with E-state index in [9.17, 15) is 9.59 Å². The molecule has 0 aromatic heterocycles. The van der Waals surface area contributed by atoms with E-state index >= 15 is 0 Å². The van der Waals surface area contributed by atoms with Crippen LogP contribution in [0.2, 0.25) is 0 Å². The maximum Gasteiger partial charge on any atom is 0.267 e. The van der Waals surface area contributed by atoms with Crippen LogP contribution in [0.3, 0.4) is 0 Å². The summed E-state index contributed by atoms with van der Waals surface area (Å²) in [5, 5.41) is 0. The van der Waals surface area contributed by atoms with Gasteiger partial charge in [0, 0.05) is 16.6 Å². The molecule has 2 aliphatic rings. The van der Waals surface area contributed by atoms with Crippen LogP contribution in [0.4, 0.5) is 5.69 Å². The van der Waals surface area contributed by atoms with Gasteiger partial charge in [-0.1, -0.05) is 77.2 Å². The Bertz CT molecular complexity index is 1020. The number of benzene rings is 2. The molecular weight excluding hydrogens is 456 g/mol. The number of carbonyl (C=O) groups is 2. The number of thiocarbonyl (C=S) groups is 1. The summed E-state index contributed by atoms with van der Waals surface area (Å²) in [4.78, 5) is 30.1. The number of nitrogens with zero attached hydrogens (tertiary/aromatic N) is 2. The number of hydrogen-bond acceptors (Lipinski definition) is 4. The zero-order valence-corrected chi connectivity index (χ0v) is 18.4. The number of amides is 2. The Labute approximate surface area is 181 Å². The van der Waals surface area contributed by atoms with E-state index in [4.69, 9.17) is 12.2 Å². The molecule has 0 N–H and O–H groups in total. The lowest BCUT2D eigenvalue weighted by molar-refractivity contribution is -0.122. The third-order valence-electron chi connectivity index (χ3n) is 4.68. The van der Waals surface area contributed by atoms with E-state index < -0.39 is 0 Å². The van der Waals surface area contributed by atoms with Gasteiger partial charge in [-0.25, -0.2) is 0 Å². The molecular formula is C21H17BrN2O2S2. The van der Waals surface area contributed by atoms with Crippen molar-refractivity contribution in [2.45, 2.75) is 19.9 Å². The van der Waals surface area contributed by atoms with Crippen LogP contribution in [0.15, 0.2) is 57.9 Å². The van der Waals surface area contributed by atoms with Gasteiger partial charge in [0.15, 0.2) is 0 Å². The third kappa shape index (κ3) is 3.32. The average molecular weight is 473 g/mol. The minimum atomic E-state index is -0.202. The van der Waals surface area contributed by atoms with Gasteiger partial charge >= 0.3 is 0 Å². The van der Waals surface area contributed by atoms with Gasteiger partial charge in [-0.2, -0.15) is 0 Å². The van der Waals surface area contributed by atoms with E-state index in [0.717, 1.165) is 27.7 Å². The Morgan fingerprint density at radius 3 is 2.50 bits per heavy atom. The van der Waals surface area contributed by atoms with Gasteiger partial charge < -0.3 is 4.90 Å². The second kappa shape index (κ2) is 7.81. The van der Waals surface area contributed by atoms with E-state index in [0.29, 0.717) is 27.9 Å². The molecule has 0 spiro atoms. The molecule has 1 fully saturated rings. The standard InChI is InChI=1S/C21H17BrN2O2S2/c1-2-10-23-16-9-8-14(22)11-15(16)17(19(23)25)18-20(26)24(21(27)28-18)12-13-6-4-3-5-7-13/h3-9,11H,2,10,12H2,1H3/b18-17-. The fourth-order valence-electron chi connectivity index (χ4n) is 3.42. The second-order valence-corrected chi connectivity index (χ2v) is 9.13. The number of rotatable bonds is 4. The smallest absolute Gasteiger partial charge is 0.267 e. The zero-order valence-electron chi connectivity index (χ0n) is 15.1. The SMILES string of the molecule is CCCN1C(=O)/C(=C2\SC(=S)N(Cc3ccccc3)C2=O)c2cc(Br)ccc21. The first-order chi connectivity index (χ1) is 13.5. The van der Waals surface area contributed by atoms with Gasteiger partial charge in [-0.05, 0) is 30.2 Å². The van der Waals surface area contributed by atoms with Crippen molar-refractivity contribution < 1.29 is 9.59 Å². The second-order valence-electron chi connectivity index (χ2n) is 6.57. The Morgan fingerprint density at radius 2 is 1.79 bits per heavy atom. The first kappa shape index (κ1) is 19.4. The van der Waals surface area contributed by atoms with E-state index in [1.807, 2.05) is 55.5 Å². The van der Waals surface area contributed by atoms with Crippen molar-refractivity contribution in [3.63, 3.8) is 0 Å². The summed E-state index contributed by atoms with van der Waals surface area (Å²) >= 11 is 10.2. The van der Waals surface area contributed by atoms with Crippen molar-refractivity contribution in [3.8, 4) is 0 Å². The topological polar surface area (TPSA) is 40.6 Å². The highest BCUT2D eigenvalue weighted by molar-refractivity contribution is 9.10. The average Bonchev–Trinajstić information content (AvgIpc) is 3.10. The number of fused-ring (bicyclic) bond motifs is 1. The van der Waals surface area contributed by atoms with Crippen LogP contribution in [-0.2, 0) is 16.1 Å². The molecule has 2 aliphatic heterocycles. The minimum absolute atomic E-state index is 0.129. The predicted octanol–water partition coefficient (Wildman–Crippen LogP) is 4.98. The highest BCUT2D eigenvalue weighted by atomic mass is 79.9. The Morgan fingerprint density at radius 1 is 1.04 bits per heavy atom. The Kier molecular flexibility index (Phi) is 5.40. The van der Waals surface area contributed by atoms with Gasteiger partial charge in [0.25, 0.3) is 11.8 Å². The molecule has 0 saturated carbocycles. The first-order valence-electron chi connectivity index (χ1n) is 8.95. The molecule has 28 heavy (non-hydrogen) atoms. The maximum atomic E-state index is 13.2. The fourth-order valence-corrected chi connectivity index (χ4v) is 5.11. The molecule has 4 nitrogen and oxygen atoms in total. The van der Waals surface area contributed by atoms with E-state index in [-0.39, 0.29) is 11.8 Å². The molecule has 7 heteroatoms. The first-order valence-corrected chi connectivity index (χ1v) is 11.0. The van der Waals surface area contributed by atoms with E-state index in [1.165, 1.54) is 11.8 Å². The summed E-state index contributed by atoms with van der Waals surface area (Å²) in [5.41, 5.74) is 3.09. The fraction of sp³-hybridized carbons (Fsp3) is 0.190. The zero-order chi connectivity index (χ0) is 19.8. The maximum absolute atomic E-state index is 13.2. The van der Waals surface area contributed by atoms with Crippen LogP contribution < -0.4 is 4.90 Å². The molecule has 2 aromatic carbocycles. The van der Waals surface area contributed by atoms with Crippen LogP contribution in [0.1, 0.15) is 24.5 Å². The molecule has 0 radical (unpaired) electrons. The summed E-state index contributed by atoms with van der Waals surface area (Å²) in [6, 6.07) is 15.5. The van der Waals surface area contributed by atoms with Crippen LogP contribution in [0.25, 0.3) is 5.57 Å². The lowest BCUT2D eigenvalue weighted by Gasteiger charge is -2.15. The van der Waals surface area contributed by atoms with Gasteiger partial charge in [-0.3, -0.25) is 14.5 Å². The molecule has 0 atom stereocenters. The molecule has 142 valence electrons. The quantitative estimate of drug-likeness (QED) is 0.464. The Hall–Kier alpha value is -1.96. The van der Waals surface area contributed by atoms with Crippen LogP contribution in [0.5, 0.6) is 0 Å². The number of thioether (sulfide) groups is 1. The van der Waals surface area contributed by atoms with Gasteiger partial charge in [-0.15, -0.1) is 0 Å². The highest BCUT2D eigenvalue weighted by Crippen LogP contribution is 2.45. The molecule has 2 amide bonds. The van der Waals surface area contributed by atoms with Crippen molar-refractivity contribution in [1.29, 1.82) is 0 Å². The van der Waals surface area contributed by atoms with Gasteiger partial charge in [0.2, 0.25) is 0 Å². The van der Waals surface area contributed by atoms with Crippen molar-refractivity contribution in [3.05, 3.63) is 69.0 Å². The van der Waals surface area contributed by atoms with Crippen molar-refractivity contribution in [1.82, 2.24) is 4.90 Å². The lowest BCUT2D eigenvalue weighted by atomic mass is 10.1. The number of carbonyl (C=O) groups excluding carboxylic acids is 2. The van der Waals surface area contributed by atoms with Crippen LogP contribution in [-0.4, -0.2) is 27.6 Å². The van der Waals surface area contributed by atoms with E-state index in [2.05, 4.69) is 15.9 Å². The summed E-state index contributed by atoms with van der Waals surface area (Å²) in [5.74, 6) is -0.332. The summed E-state index contributed by atoms with van der Waals surface area (Å²) < 4.78 is 1.35. The van der Waals surface area contributed by atoms with Crippen molar-refractivity contribution >= 4 is 67.3 Å². The van der Waals surface area contributed by atoms with Crippen LogP contribution in [0, 0.1) is 0 Å². The molecule has 0 unspecified atom stereocenters. The molecule has 2 heterocycles. The Balaban J connectivity index is 1.76. The number of hydrogen-bond donors (Lipinski definition) is 0. The largest absolute Gasteiger partial charge is 0.308 e. The predicted molar refractivity (Wildman–Crippen MR) is 121 cm³/mol. The highest BCUT2D eigenvalue weighted by Gasteiger charge is 2.41. The molecule has 4 rings (SSSR count).